The van der Waals surface area contributed by atoms with Gasteiger partial charge in [-0.2, -0.15) is 5.26 Å². The summed E-state index contributed by atoms with van der Waals surface area (Å²) in [7, 11) is 0. The van der Waals surface area contributed by atoms with Crippen LogP contribution < -0.4 is 0 Å². The van der Waals surface area contributed by atoms with Gasteiger partial charge in [-0.3, -0.25) is 4.79 Å². The van der Waals surface area contributed by atoms with Gasteiger partial charge in [0, 0.05) is 10.0 Å². The molecule has 100 valence electrons. The number of Topliss-reactive ketones (excluding diaryl/α,β-unsaturated/α-hetero) is 1. The molecule has 0 heterocycles. The summed E-state index contributed by atoms with van der Waals surface area (Å²) in [6.45, 7) is 1.92. The molecule has 1 atom stereocenters. The van der Waals surface area contributed by atoms with E-state index in [0.29, 0.717) is 11.1 Å². The zero-order chi connectivity index (χ0) is 14.7. The van der Waals surface area contributed by atoms with Crippen LogP contribution in [0.2, 0.25) is 0 Å². The Morgan fingerprint density at radius 3 is 2.45 bits per heavy atom. The molecule has 0 aliphatic heterocycles. The fourth-order valence-electron chi connectivity index (χ4n) is 1.85. The molecule has 0 aliphatic rings. The first-order chi connectivity index (χ1) is 9.52. The van der Waals surface area contributed by atoms with Crippen molar-refractivity contribution in [1.29, 1.82) is 5.26 Å². The predicted octanol–water partition coefficient (Wildman–Crippen LogP) is 4.39. The lowest BCUT2D eigenvalue weighted by Crippen LogP contribution is -2.11. The van der Waals surface area contributed by atoms with Gasteiger partial charge in [0.25, 0.3) is 0 Å². The van der Waals surface area contributed by atoms with E-state index in [2.05, 4.69) is 15.9 Å². The number of benzene rings is 2. The van der Waals surface area contributed by atoms with Crippen LogP contribution in [0.4, 0.5) is 4.39 Å². The molecule has 1 unspecified atom stereocenters. The summed E-state index contributed by atoms with van der Waals surface area (Å²) < 4.78 is 13.7. The highest BCUT2D eigenvalue weighted by atomic mass is 79.9. The zero-order valence-corrected chi connectivity index (χ0v) is 12.3. The van der Waals surface area contributed by atoms with Crippen LogP contribution in [-0.2, 0) is 0 Å². The fourth-order valence-corrected chi connectivity index (χ4v) is 2.23. The van der Waals surface area contributed by atoms with Gasteiger partial charge in [0.15, 0.2) is 5.78 Å². The molecule has 20 heavy (non-hydrogen) atoms. The quantitative estimate of drug-likeness (QED) is 0.783. The normalized spacial score (nSPS) is 11.7. The lowest BCUT2D eigenvalue weighted by molar-refractivity contribution is 0.0979. The number of aryl methyl sites for hydroxylation is 1. The average molecular weight is 332 g/mol. The number of nitriles is 1. The first-order valence-corrected chi connectivity index (χ1v) is 6.77. The van der Waals surface area contributed by atoms with Gasteiger partial charge in [0.05, 0.1) is 6.07 Å². The maximum atomic E-state index is 12.9. The Morgan fingerprint density at radius 2 is 1.90 bits per heavy atom. The van der Waals surface area contributed by atoms with Crippen LogP contribution in [0.15, 0.2) is 46.9 Å². The van der Waals surface area contributed by atoms with Gasteiger partial charge in [0.2, 0.25) is 0 Å². The number of hydrogen-bond acceptors (Lipinski definition) is 2. The summed E-state index contributed by atoms with van der Waals surface area (Å²) in [5.41, 5.74) is 1.96. The number of hydrogen-bond donors (Lipinski definition) is 0. The molecule has 0 amide bonds. The number of nitrogens with zero attached hydrogens (tertiary/aromatic N) is 1. The molecule has 2 rings (SSSR count). The molecule has 0 aromatic heterocycles. The van der Waals surface area contributed by atoms with Gasteiger partial charge < -0.3 is 0 Å². The minimum Gasteiger partial charge on any atom is -0.292 e. The Labute approximate surface area is 125 Å². The molecular weight excluding hydrogens is 321 g/mol. The SMILES string of the molecule is Cc1ccc(C(=O)C(C#N)c2ccc(F)cc2)cc1Br. The Morgan fingerprint density at radius 1 is 1.25 bits per heavy atom. The summed E-state index contributed by atoms with van der Waals surface area (Å²) in [5, 5.41) is 9.23. The molecule has 4 heteroatoms. The number of carbonyl (C=O) groups is 1. The van der Waals surface area contributed by atoms with Gasteiger partial charge in [-0.25, -0.2) is 4.39 Å². The summed E-state index contributed by atoms with van der Waals surface area (Å²) in [5.74, 6) is -1.61. The van der Waals surface area contributed by atoms with Crippen LogP contribution >= 0.6 is 15.9 Å². The summed E-state index contributed by atoms with van der Waals surface area (Å²) in [4.78, 5) is 12.4. The van der Waals surface area contributed by atoms with Crippen LogP contribution in [0.3, 0.4) is 0 Å². The van der Waals surface area contributed by atoms with Crippen LogP contribution in [0.25, 0.3) is 0 Å². The van der Waals surface area contributed by atoms with Crippen molar-refractivity contribution in [2.75, 3.05) is 0 Å². The first kappa shape index (κ1) is 14.4. The molecule has 0 bridgehead atoms. The van der Waals surface area contributed by atoms with Gasteiger partial charge in [-0.15, -0.1) is 0 Å². The highest BCUT2D eigenvalue weighted by Crippen LogP contribution is 2.24. The highest BCUT2D eigenvalue weighted by Gasteiger charge is 2.22. The van der Waals surface area contributed by atoms with E-state index in [1.807, 2.05) is 19.1 Å². The van der Waals surface area contributed by atoms with Crippen molar-refractivity contribution >= 4 is 21.7 Å². The molecular formula is C16H11BrFNO. The highest BCUT2D eigenvalue weighted by molar-refractivity contribution is 9.10. The monoisotopic (exact) mass is 331 g/mol. The number of halogens is 2. The first-order valence-electron chi connectivity index (χ1n) is 5.98. The van der Waals surface area contributed by atoms with E-state index in [4.69, 9.17) is 0 Å². The van der Waals surface area contributed by atoms with Crippen molar-refractivity contribution < 1.29 is 9.18 Å². The molecule has 0 radical (unpaired) electrons. The van der Waals surface area contributed by atoms with Crippen molar-refractivity contribution in [2.45, 2.75) is 12.8 Å². The number of carbonyl (C=O) groups excluding carboxylic acids is 1. The zero-order valence-electron chi connectivity index (χ0n) is 10.7. The van der Waals surface area contributed by atoms with E-state index in [0.717, 1.165) is 10.0 Å². The summed E-state index contributed by atoms with van der Waals surface area (Å²) in [6.07, 6.45) is 0. The minimum absolute atomic E-state index is 0.292. The van der Waals surface area contributed by atoms with E-state index >= 15 is 0 Å². The molecule has 0 N–H and O–H groups in total. The Bertz CT molecular complexity index is 689. The third-order valence-electron chi connectivity index (χ3n) is 3.05. The average Bonchev–Trinajstić information content (AvgIpc) is 2.44. The molecule has 2 aromatic rings. The molecule has 0 saturated carbocycles. The Balaban J connectivity index is 2.36. The van der Waals surface area contributed by atoms with Crippen molar-refractivity contribution in [2.24, 2.45) is 0 Å². The van der Waals surface area contributed by atoms with E-state index in [1.165, 1.54) is 24.3 Å². The van der Waals surface area contributed by atoms with Crippen molar-refractivity contribution in [3.63, 3.8) is 0 Å². The standard InChI is InChI=1S/C16H11BrFNO/c1-10-2-3-12(8-15(10)17)16(20)14(9-19)11-4-6-13(18)7-5-11/h2-8,14H,1H3. The molecule has 2 nitrogen and oxygen atoms in total. The van der Waals surface area contributed by atoms with Gasteiger partial charge >= 0.3 is 0 Å². The van der Waals surface area contributed by atoms with Gasteiger partial charge in [-0.05, 0) is 36.2 Å². The number of rotatable bonds is 3. The van der Waals surface area contributed by atoms with Crippen LogP contribution in [-0.4, -0.2) is 5.78 Å². The van der Waals surface area contributed by atoms with Crippen molar-refractivity contribution in [3.8, 4) is 6.07 Å². The van der Waals surface area contributed by atoms with E-state index in [1.54, 1.807) is 12.1 Å². The molecule has 0 spiro atoms. The minimum atomic E-state index is -0.926. The second kappa shape index (κ2) is 5.98. The fraction of sp³-hybridized carbons (Fsp3) is 0.125. The Hall–Kier alpha value is -1.99. The van der Waals surface area contributed by atoms with Crippen LogP contribution in [0.1, 0.15) is 27.4 Å². The third kappa shape index (κ3) is 2.94. The topological polar surface area (TPSA) is 40.9 Å². The third-order valence-corrected chi connectivity index (χ3v) is 3.91. The largest absolute Gasteiger partial charge is 0.292 e. The predicted molar refractivity (Wildman–Crippen MR) is 78.0 cm³/mol. The molecule has 0 fully saturated rings. The molecule has 0 aliphatic carbocycles. The second-order valence-corrected chi connectivity index (χ2v) is 5.30. The van der Waals surface area contributed by atoms with Crippen LogP contribution in [0, 0.1) is 24.1 Å². The van der Waals surface area contributed by atoms with Crippen molar-refractivity contribution in [3.05, 3.63) is 69.4 Å². The number of ketones is 1. The molecule has 0 saturated heterocycles. The van der Waals surface area contributed by atoms with Gasteiger partial charge in [0.1, 0.15) is 11.7 Å². The van der Waals surface area contributed by atoms with E-state index in [9.17, 15) is 14.4 Å². The van der Waals surface area contributed by atoms with Crippen LogP contribution in [0.5, 0.6) is 0 Å². The lowest BCUT2D eigenvalue weighted by atomic mass is 9.91. The summed E-state index contributed by atoms with van der Waals surface area (Å²) in [6, 6.07) is 12.6. The van der Waals surface area contributed by atoms with Gasteiger partial charge in [-0.1, -0.05) is 40.2 Å². The smallest absolute Gasteiger partial charge is 0.184 e. The Kier molecular flexibility index (Phi) is 4.31. The second-order valence-electron chi connectivity index (χ2n) is 4.44. The maximum Gasteiger partial charge on any atom is 0.184 e. The summed E-state index contributed by atoms with van der Waals surface area (Å²) >= 11 is 3.37. The lowest BCUT2D eigenvalue weighted by Gasteiger charge is -2.09. The van der Waals surface area contributed by atoms with Crippen molar-refractivity contribution in [1.82, 2.24) is 0 Å². The van der Waals surface area contributed by atoms with E-state index in [-0.39, 0.29) is 5.78 Å². The van der Waals surface area contributed by atoms with E-state index < -0.39 is 11.7 Å². The molecule has 2 aromatic carbocycles. The maximum absolute atomic E-state index is 12.9.